The lowest BCUT2D eigenvalue weighted by Crippen LogP contribution is -2.57. The van der Waals surface area contributed by atoms with E-state index in [9.17, 15) is 9.18 Å². The van der Waals surface area contributed by atoms with Gasteiger partial charge in [0.15, 0.2) is 5.82 Å². The fraction of sp³-hybridized carbons (Fsp3) is 0.200. The van der Waals surface area contributed by atoms with Gasteiger partial charge in [0.2, 0.25) is 5.91 Å². The number of aromatic nitrogens is 3. The van der Waals surface area contributed by atoms with Gasteiger partial charge in [-0.25, -0.2) is 19.3 Å². The van der Waals surface area contributed by atoms with Gasteiger partial charge in [-0.15, -0.1) is 0 Å². The predicted octanol–water partition coefficient (Wildman–Crippen LogP) is 3.56. The molecule has 4 aromatic rings. The number of nitrogens with zero attached hydrogens (tertiary/aromatic N) is 4. The average molecular weight is 442 g/mol. The highest BCUT2D eigenvalue weighted by Crippen LogP contribution is 2.27. The molecule has 1 aliphatic rings. The second-order valence-corrected chi connectivity index (χ2v) is 8.04. The van der Waals surface area contributed by atoms with Crippen LogP contribution in [0, 0.1) is 12.7 Å². The Bertz CT molecular complexity index is 1310. The first kappa shape index (κ1) is 21.0. The summed E-state index contributed by atoms with van der Waals surface area (Å²) in [5.41, 5.74) is 4.61. The van der Waals surface area contributed by atoms with Crippen molar-refractivity contribution in [3.8, 4) is 11.3 Å². The molecule has 0 saturated carbocycles. The molecule has 1 aliphatic heterocycles. The smallest absolute Gasteiger partial charge is 0.248 e. The van der Waals surface area contributed by atoms with Crippen LogP contribution in [0.25, 0.3) is 22.3 Å². The summed E-state index contributed by atoms with van der Waals surface area (Å²) in [4.78, 5) is 28.9. The van der Waals surface area contributed by atoms with Crippen LogP contribution in [0.1, 0.15) is 5.56 Å². The van der Waals surface area contributed by atoms with E-state index in [0.717, 1.165) is 23.4 Å². The molecule has 2 N–H and O–H groups in total. The van der Waals surface area contributed by atoms with E-state index < -0.39 is 6.04 Å². The third-order valence-corrected chi connectivity index (χ3v) is 5.71. The fourth-order valence-electron chi connectivity index (χ4n) is 4.06. The topological polar surface area (TPSA) is 83.0 Å². The van der Waals surface area contributed by atoms with E-state index in [4.69, 9.17) is 4.98 Å². The van der Waals surface area contributed by atoms with Gasteiger partial charge in [-0.3, -0.25) is 4.79 Å². The molecule has 166 valence electrons. The summed E-state index contributed by atoms with van der Waals surface area (Å²) < 4.78 is 13.4. The number of piperazine rings is 1. The van der Waals surface area contributed by atoms with Crippen LogP contribution in [0.4, 0.5) is 15.9 Å². The standard InChI is InChI=1S/C25H23FN6O/c1-16-3-2-4-19(13-16)30-25(33)22-14-27-11-12-32(22)24-23-21(28-15-29-24)10-9-20(31-23)17-5-7-18(26)8-6-17/h2-10,13,15,22,27H,11-12,14H2,1H3,(H,30,33). The van der Waals surface area contributed by atoms with Crippen molar-refractivity contribution in [3.63, 3.8) is 0 Å². The summed E-state index contributed by atoms with van der Waals surface area (Å²) in [6.07, 6.45) is 1.49. The van der Waals surface area contributed by atoms with Crippen LogP contribution in [0.3, 0.4) is 0 Å². The van der Waals surface area contributed by atoms with Crippen molar-refractivity contribution in [1.82, 2.24) is 20.3 Å². The lowest BCUT2D eigenvalue weighted by atomic mass is 10.1. The number of rotatable bonds is 4. The second kappa shape index (κ2) is 8.91. The highest BCUT2D eigenvalue weighted by atomic mass is 19.1. The molecule has 0 radical (unpaired) electrons. The lowest BCUT2D eigenvalue weighted by Gasteiger charge is -2.36. The summed E-state index contributed by atoms with van der Waals surface area (Å²) in [6.45, 7) is 3.79. The first-order valence-corrected chi connectivity index (χ1v) is 10.8. The molecular formula is C25H23FN6O. The number of hydrogen-bond acceptors (Lipinski definition) is 6. The molecule has 0 aliphatic carbocycles. The Labute approximate surface area is 190 Å². The Balaban J connectivity index is 1.51. The van der Waals surface area contributed by atoms with Crippen molar-refractivity contribution in [2.75, 3.05) is 29.9 Å². The molecule has 33 heavy (non-hydrogen) atoms. The molecule has 0 spiro atoms. The number of fused-ring (bicyclic) bond motifs is 1. The molecule has 1 unspecified atom stereocenters. The number of benzene rings is 2. The van der Waals surface area contributed by atoms with E-state index in [2.05, 4.69) is 20.6 Å². The highest BCUT2D eigenvalue weighted by Gasteiger charge is 2.31. The lowest BCUT2D eigenvalue weighted by molar-refractivity contribution is -0.117. The number of amides is 1. The van der Waals surface area contributed by atoms with Crippen molar-refractivity contribution in [2.45, 2.75) is 13.0 Å². The Morgan fingerprint density at radius 2 is 1.97 bits per heavy atom. The minimum Gasteiger partial charge on any atom is -0.340 e. The van der Waals surface area contributed by atoms with Gasteiger partial charge in [0.25, 0.3) is 0 Å². The number of aryl methyl sites for hydroxylation is 1. The Morgan fingerprint density at radius 3 is 2.79 bits per heavy atom. The van der Waals surface area contributed by atoms with Gasteiger partial charge < -0.3 is 15.5 Å². The zero-order valence-corrected chi connectivity index (χ0v) is 18.1. The molecule has 2 aromatic carbocycles. The minimum atomic E-state index is -0.464. The second-order valence-electron chi connectivity index (χ2n) is 8.04. The maximum absolute atomic E-state index is 13.4. The molecule has 3 heterocycles. The number of nitrogens with one attached hydrogen (secondary N) is 2. The van der Waals surface area contributed by atoms with Crippen molar-refractivity contribution in [1.29, 1.82) is 0 Å². The Hall–Kier alpha value is -3.91. The monoisotopic (exact) mass is 442 g/mol. The number of carbonyl (C=O) groups excluding carboxylic acids is 1. The summed E-state index contributed by atoms with van der Waals surface area (Å²) in [6, 6.07) is 17.2. The predicted molar refractivity (Wildman–Crippen MR) is 127 cm³/mol. The molecule has 5 rings (SSSR count). The highest BCUT2D eigenvalue weighted by molar-refractivity contribution is 5.99. The maximum atomic E-state index is 13.4. The first-order valence-electron chi connectivity index (χ1n) is 10.8. The zero-order chi connectivity index (χ0) is 22.8. The van der Waals surface area contributed by atoms with Gasteiger partial charge in [-0.1, -0.05) is 12.1 Å². The van der Waals surface area contributed by atoms with E-state index in [-0.39, 0.29) is 11.7 Å². The largest absolute Gasteiger partial charge is 0.340 e. The third kappa shape index (κ3) is 4.38. The molecule has 0 bridgehead atoms. The molecular weight excluding hydrogens is 419 g/mol. The van der Waals surface area contributed by atoms with Crippen molar-refractivity contribution >= 4 is 28.4 Å². The van der Waals surface area contributed by atoms with E-state index in [1.807, 2.05) is 48.2 Å². The van der Waals surface area contributed by atoms with Crippen molar-refractivity contribution < 1.29 is 9.18 Å². The summed E-state index contributed by atoms with van der Waals surface area (Å²) in [5, 5.41) is 6.32. The number of pyridine rings is 1. The average Bonchev–Trinajstić information content (AvgIpc) is 2.84. The normalized spacial score (nSPS) is 16.1. The molecule has 8 heteroatoms. The fourth-order valence-corrected chi connectivity index (χ4v) is 4.06. The number of carbonyl (C=O) groups is 1. The number of hydrogen-bond donors (Lipinski definition) is 2. The molecule has 1 fully saturated rings. The Morgan fingerprint density at radius 1 is 1.12 bits per heavy atom. The molecule has 1 saturated heterocycles. The van der Waals surface area contributed by atoms with Crippen LogP contribution in [0.2, 0.25) is 0 Å². The van der Waals surface area contributed by atoms with Crippen molar-refractivity contribution in [2.24, 2.45) is 0 Å². The van der Waals surface area contributed by atoms with Gasteiger partial charge in [0.1, 0.15) is 23.7 Å². The van der Waals surface area contributed by atoms with Crippen LogP contribution < -0.4 is 15.5 Å². The van der Waals surface area contributed by atoms with Gasteiger partial charge >= 0.3 is 0 Å². The molecule has 1 amide bonds. The Kier molecular flexibility index (Phi) is 5.66. The number of halogens is 1. The van der Waals surface area contributed by atoms with Crippen LogP contribution in [-0.2, 0) is 4.79 Å². The summed E-state index contributed by atoms with van der Waals surface area (Å²) in [7, 11) is 0. The van der Waals surface area contributed by atoms with E-state index in [0.29, 0.717) is 35.6 Å². The number of anilines is 2. The SMILES string of the molecule is Cc1cccc(NC(=O)C2CNCCN2c2ncnc3ccc(-c4ccc(F)cc4)nc23)c1. The molecule has 1 atom stereocenters. The quantitative estimate of drug-likeness (QED) is 0.503. The van der Waals surface area contributed by atoms with E-state index >= 15 is 0 Å². The van der Waals surface area contributed by atoms with Crippen LogP contribution in [0.15, 0.2) is 67.0 Å². The van der Waals surface area contributed by atoms with E-state index in [1.54, 1.807) is 12.1 Å². The van der Waals surface area contributed by atoms with Gasteiger partial charge in [0.05, 0.1) is 11.2 Å². The van der Waals surface area contributed by atoms with Gasteiger partial charge in [-0.2, -0.15) is 0 Å². The van der Waals surface area contributed by atoms with Crippen LogP contribution in [0.5, 0.6) is 0 Å². The first-order chi connectivity index (χ1) is 16.1. The zero-order valence-electron chi connectivity index (χ0n) is 18.1. The van der Waals surface area contributed by atoms with Crippen LogP contribution >= 0.6 is 0 Å². The minimum absolute atomic E-state index is 0.116. The maximum Gasteiger partial charge on any atom is 0.248 e. The summed E-state index contributed by atoms with van der Waals surface area (Å²) >= 11 is 0. The summed E-state index contributed by atoms with van der Waals surface area (Å²) in [5.74, 6) is 0.191. The van der Waals surface area contributed by atoms with Gasteiger partial charge in [-0.05, 0) is 61.0 Å². The van der Waals surface area contributed by atoms with Crippen LogP contribution in [-0.4, -0.2) is 46.5 Å². The third-order valence-electron chi connectivity index (χ3n) is 5.71. The van der Waals surface area contributed by atoms with E-state index in [1.165, 1.54) is 18.5 Å². The van der Waals surface area contributed by atoms with Crippen molar-refractivity contribution in [3.05, 3.63) is 78.4 Å². The molecule has 7 nitrogen and oxygen atoms in total. The molecule has 2 aromatic heterocycles. The van der Waals surface area contributed by atoms with Gasteiger partial charge in [0, 0.05) is 30.9 Å².